The van der Waals surface area contributed by atoms with Crippen molar-refractivity contribution in [3.05, 3.63) is 31.5 Å². The van der Waals surface area contributed by atoms with Crippen LogP contribution in [-0.2, 0) is 4.74 Å². The van der Waals surface area contributed by atoms with Gasteiger partial charge in [-0.3, -0.25) is 15.0 Å². The molecule has 13 heavy (non-hydrogen) atoms. The van der Waals surface area contributed by atoms with E-state index in [4.69, 9.17) is 4.74 Å². The molecule has 0 saturated carbocycles. The van der Waals surface area contributed by atoms with E-state index in [0.717, 1.165) is 6.61 Å². The van der Waals surface area contributed by atoms with Crippen LogP contribution < -0.4 is 17.1 Å². The quantitative estimate of drug-likeness (QED) is 0.414. The summed E-state index contributed by atoms with van der Waals surface area (Å²) in [6, 6.07) is 0. The number of hydrogen-bond acceptors (Lipinski definition) is 4. The van der Waals surface area contributed by atoms with Crippen molar-refractivity contribution >= 4 is 0 Å². The number of nitrogens with one attached hydrogen (secondary N) is 3. The molecule has 0 spiro atoms. The van der Waals surface area contributed by atoms with Gasteiger partial charge in [-0.15, -0.1) is 0 Å². The van der Waals surface area contributed by atoms with Gasteiger partial charge < -0.3 is 4.74 Å². The summed E-state index contributed by atoms with van der Waals surface area (Å²) in [6.07, 6.45) is 0.583. The predicted molar refractivity (Wildman–Crippen MR) is 43.7 cm³/mol. The minimum Gasteiger partial charge on any atom is -0.373 e. The molecule has 2 rings (SSSR count). The highest BCUT2D eigenvalue weighted by molar-refractivity contribution is 4.60. The first-order chi connectivity index (χ1) is 6.08. The highest BCUT2D eigenvalue weighted by atomic mass is 16.6. The van der Waals surface area contributed by atoms with Crippen molar-refractivity contribution in [2.75, 3.05) is 6.61 Å². The largest absolute Gasteiger partial charge is 0.373 e. The van der Waals surface area contributed by atoms with E-state index in [0.29, 0.717) is 6.10 Å². The second-order valence-corrected chi connectivity index (χ2v) is 2.51. The van der Waals surface area contributed by atoms with Gasteiger partial charge in [0.2, 0.25) is 0 Å². The summed E-state index contributed by atoms with van der Waals surface area (Å²) in [7, 11) is 0. The van der Waals surface area contributed by atoms with E-state index in [9.17, 15) is 14.4 Å². The molecular formula is C6H9N3O4. The minimum atomic E-state index is -0.802. The lowest BCUT2D eigenvalue weighted by Crippen LogP contribution is -2.34. The fourth-order valence-corrected chi connectivity index (χ4v) is 0.499. The normalized spacial score (nSPS) is 18.7. The third-order valence-electron chi connectivity index (χ3n) is 1.18. The van der Waals surface area contributed by atoms with Gasteiger partial charge in [0.25, 0.3) is 0 Å². The van der Waals surface area contributed by atoms with Crippen LogP contribution in [0.3, 0.4) is 0 Å². The molecule has 7 nitrogen and oxygen atoms in total. The first-order valence-electron chi connectivity index (χ1n) is 3.62. The van der Waals surface area contributed by atoms with Gasteiger partial charge in [-0.05, 0) is 6.92 Å². The predicted octanol–water partition coefficient (Wildman–Crippen LogP) is -1.84. The Kier molecular flexibility index (Phi) is 2.80. The Morgan fingerprint density at radius 3 is 1.46 bits per heavy atom. The molecule has 1 unspecified atom stereocenters. The molecule has 1 aliphatic heterocycles. The molecule has 0 aromatic carbocycles. The summed E-state index contributed by atoms with van der Waals surface area (Å²) in [5.74, 6) is 0. The van der Waals surface area contributed by atoms with Crippen LogP contribution in [0.15, 0.2) is 14.4 Å². The topological polar surface area (TPSA) is 111 Å². The molecule has 1 aliphatic rings. The summed E-state index contributed by atoms with van der Waals surface area (Å²) >= 11 is 0. The Hall–Kier alpha value is -1.63. The fraction of sp³-hybridized carbons (Fsp3) is 0.500. The van der Waals surface area contributed by atoms with E-state index >= 15 is 0 Å². The molecule has 3 N–H and O–H groups in total. The lowest BCUT2D eigenvalue weighted by Gasteiger charge is -1.77. The van der Waals surface area contributed by atoms with Crippen molar-refractivity contribution < 1.29 is 4.74 Å². The Morgan fingerprint density at radius 1 is 1.08 bits per heavy atom. The summed E-state index contributed by atoms with van der Waals surface area (Å²) in [5, 5.41) is 0. The Morgan fingerprint density at radius 2 is 1.31 bits per heavy atom. The molecule has 0 bridgehead atoms. The van der Waals surface area contributed by atoms with Gasteiger partial charge in [-0.2, -0.15) is 0 Å². The van der Waals surface area contributed by atoms with Crippen LogP contribution in [-0.4, -0.2) is 27.7 Å². The first-order valence-corrected chi connectivity index (χ1v) is 3.62. The zero-order chi connectivity index (χ0) is 9.84. The average molecular weight is 187 g/mol. The molecule has 0 aliphatic carbocycles. The van der Waals surface area contributed by atoms with Crippen LogP contribution in [0, 0.1) is 0 Å². The van der Waals surface area contributed by atoms with Gasteiger partial charge in [0.15, 0.2) is 0 Å². The third kappa shape index (κ3) is 4.06. The molecule has 1 atom stereocenters. The molecule has 1 aromatic heterocycles. The fourth-order valence-electron chi connectivity index (χ4n) is 0.499. The molecule has 1 fully saturated rings. The van der Waals surface area contributed by atoms with E-state index < -0.39 is 17.1 Å². The third-order valence-corrected chi connectivity index (χ3v) is 1.18. The molecule has 0 amide bonds. The van der Waals surface area contributed by atoms with Crippen molar-refractivity contribution in [3.8, 4) is 0 Å². The van der Waals surface area contributed by atoms with Crippen LogP contribution in [0.25, 0.3) is 0 Å². The Balaban J connectivity index is 0.000000175. The van der Waals surface area contributed by atoms with E-state index in [2.05, 4.69) is 6.92 Å². The van der Waals surface area contributed by atoms with Crippen molar-refractivity contribution in [2.45, 2.75) is 13.0 Å². The van der Waals surface area contributed by atoms with Crippen LogP contribution >= 0.6 is 0 Å². The van der Waals surface area contributed by atoms with Gasteiger partial charge in [0.05, 0.1) is 12.7 Å². The summed E-state index contributed by atoms with van der Waals surface area (Å²) < 4.78 is 4.71. The van der Waals surface area contributed by atoms with Crippen LogP contribution in [0.1, 0.15) is 6.92 Å². The maximum atomic E-state index is 10.2. The maximum absolute atomic E-state index is 10.2. The van der Waals surface area contributed by atoms with E-state index in [-0.39, 0.29) is 0 Å². The lowest BCUT2D eigenvalue weighted by atomic mass is 10.6. The van der Waals surface area contributed by atoms with Crippen LogP contribution in [0.2, 0.25) is 0 Å². The van der Waals surface area contributed by atoms with Crippen LogP contribution in [0.5, 0.6) is 0 Å². The number of rotatable bonds is 0. The SMILES string of the molecule is CC1CO1.O=c1[nH]c(=O)[nH]c(=O)[nH]1. The van der Waals surface area contributed by atoms with Gasteiger partial charge in [0.1, 0.15) is 0 Å². The van der Waals surface area contributed by atoms with E-state index in [1.807, 2.05) is 0 Å². The Bertz CT molecular complexity index is 346. The zero-order valence-electron chi connectivity index (χ0n) is 6.92. The summed E-state index contributed by atoms with van der Waals surface area (Å²) in [5.41, 5.74) is -2.41. The second-order valence-electron chi connectivity index (χ2n) is 2.51. The number of epoxide rings is 1. The number of H-pyrrole nitrogens is 3. The highest BCUT2D eigenvalue weighted by Crippen LogP contribution is 2.04. The average Bonchev–Trinajstić information content (AvgIpc) is 2.69. The maximum Gasteiger partial charge on any atom is 0.330 e. The second kappa shape index (κ2) is 3.85. The molecule has 1 saturated heterocycles. The van der Waals surface area contributed by atoms with E-state index in [1.54, 1.807) is 15.0 Å². The standard InChI is InChI=1S/C3H3N3O3.C3H6O/c7-1-4-2(8)6-3(9)5-1;1-3-2-4-3/h(H3,4,5,6,7,8,9);3H,2H2,1H3. The van der Waals surface area contributed by atoms with Gasteiger partial charge in [-0.25, -0.2) is 14.4 Å². The lowest BCUT2D eigenvalue weighted by molar-refractivity contribution is 0.423. The van der Waals surface area contributed by atoms with Gasteiger partial charge >= 0.3 is 17.1 Å². The first kappa shape index (κ1) is 9.46. The van der Waals surface area contributed by atoms with Crippen molar-refractivity contribution in [1.29, 1.82) is 0 Å². The smallest absolute Gasteiger partial charge is 0.330 e. The molecule has 72 valence electrons. The number of ether oxygens (including phenoxy) is 1. The molecule has 2 heterocycles. The van der Waals surface area contributed by atoms with Crippen LogP contribution in [0.4, 0.5) is 0 Å². The van der Waals surface area contributed by atoms with Gasteiger partial charge in [0, 0.05) is 0 Å². The summed E-state index contributed by atoms with van der Waals surface area (Å²) in [6.45, 7) is 3.04. The van der Waals surface area contributed by atoms with E-state index in [1.165, 1.54) is 0 Å². The zero-order valence-corrected chi connectivity index (χ0v) is 6.92. The van der Waals surface area contributed by atoms with Crippen molar-refractivity contribution in [1.82, 2.24) is 15.0 Å². The summed E-state index contributed by atoms with van der Waals surface area (Å²) in [4.78, 5) is 35.9. The molecular weight excluding hydrogens is 178 g/mol. The van der Waals surface area contributed by atoms with Crippen molar-refractivity contribution in [2.24, 2.45) is 0 Å². The van der Waals surface area contributed by atoms with Crippen molar-refractivity contribution in [3.63, 3.8) is 0 Å². The number of aromatic nitrogens is 3. The molecule has 7 heteroatoms. The highest BCUT2D eigenvalue weighted by Gasteiger charge is 2.13. The van der Waals surface area contributed by atoms with Gasteiger partial charge in [-0.1, -0.05) is 0 Å². The molecule has 1 aromatic rings. The minimum absolute atomic E-state index is 0.583. The number of aromatic amines is 3. The number of hydrogen-bond donors (Lipinski definition) is 3. The Labute approximate surface area is 71.8 Å². The monoisotopic (exact) mass is 187 g/mol. The molecule has 0 radical (unpaired) electrons.